The van der Waals surface area contributed by atoms with E-state index in [2.05, 4.69) is 57.8 Å². The molecule has 0 atom stereocenters. The van der Waals surface area contributed by atoms with Gasteiger partial charge in [0.2, 0.25) is 0 Å². The average molecular weight is 263 g/mol. The van der Waals surface area contributed by atoms with Gasteiger partial charge in [0, 0.05) is 24.1 Å². The average Bonchev–Trinajstić information content (AvgIpc) is 2.25. The van der Waals surface area contributed by atoms with Gasteiger partial charge in [0.1, 0.15) is 0 Å². The van der Waals surface area contributed by atoms with E-state index < -0.39 is 0 Å². The third kappa shape index (κ3) is 6.27. The summed E-state index contributed by atoms with van der Waals surface area (Å²) in [5.41, 5.74) is 5.40. The number of aryl methyl sites for hydroxylation is 2. The van der Waals surface area contributed by atoms with Crippen molar-refractivity contribution in [1.82, 2.24) is 5.32 Å². The van der Waals surface area contributed by atoms with E-state index in [1.165, 1.54) is 22.3 Å². The minimum absolute atomic E-state index is 0.533. The number of hydrogen-bond donors (Lipinski definition) is 1. The van der Waals surface area contributed by atoms with Gasteiger partial charge in [0.25, 0.3) is 0 Å². The van der Waals surface area contributed by atoms with Crippen molar-refractivity contribution in [2.75, 3.05) is 12.3 Å². The lowest BCUT2D eigenvalue weighted by atomic mass is 10.1. The number of nitrogens with one attached hydrogen (secondary N) is 1. The molecule has 0 spiro atoms. The molecule has 1 aromatic carbocycles. The molecule has 0 fully saturated rings. The molecular formula is C16H25NS. The highest BCUT2D eigenvalue weighted by atomic mass is 32.2. The van der Waals surface area contributed by atoms with Crippen LogP contribution in [0.1, 0.15) is 30.5 Å². The predicted octanol–water partition coefficient (Wildman–Crippen LogP) is 4.09. The first-order chi connectivity index (χ1) is 8.47. The van der Waals surface area contributed by atoms with Crippen molar-refractivity contribution in [2.24, 2.45) is 0 Å². The maximum atomic E-state index is 4.11. The summed E-state index contributed by atoms with van der Waals surface area (Å²) in [7, 11) is 0. The lowest BCUT2D eigenvalue weighted by Crippen LogP contribution is -2.25. The van der Waals surface area contributed by atoms with E-state index in [1.54, 1.807) is 0 Å². The quantitative estimate of drug-likeness (QED) is 0.744. The zero-order chi connectivity index (χ0) is 13.5. The monoisotopic (exact) mass is 263 g/mol. The fraction of sp³-hybridized carbons (Fsp3) is 0.500. The molecule has 2 heteroatoms. The first-order valence-corrected chi connectivity index (χ1v) is 7.68. The zero-order valence-electron chi connectivity index (χ0n) is 12.0. The maximum Gasteiger partial charge on any atom is 0.0187 e. The molecule has 0 unspecified atom stereocenters. The van der Waals surface area contributed by atoms with Crippen LogP contribution in [0.15, 0.2) is 30.4 Å². The molecule has 0 aromatic heterocycles. The summed E-state index contributed by atoms with van der Waals surface area (Å²) in [5.74, 6) is 2.11. The van der Waals surface area contributed by atoms with Gasteiger partial charge >= 0.3 is 0 Å². The first-order valence-electron chi connectivity index (χ1n) is 6.52. The lowest BCUT2D eigenvalue weighted by Gasteiger charge is -2.10. The van der Waals surface area contributed by atoms with Crippen molar-refractivity contribution in [1.29, 1.82) is 0 Å². The highest BCUT2D eigenvalue weighted by molar-refractivity contribution is 7.98. The third-order valence-corrected chi connectivity index (χ3v) is 3.77. The molecule has 0 aliphatic rings. The van der Waals surface area contributed by atoms with E-state index in [1.807, 2.05) is 11.8 Å². The van der Waals surface area contributed by atoms with Crippen molar-refractivity contribution >= 4 is 11.8 Å². The van der Waals surface area contributed by atoms with E-state index in [-0.39, 0.29) is 0 Å². The van der Waals surface area contributed by atoms with E-state index in [9.17, 15) is 0 Å². The smallest absolute Gasteiger partial charge is 0.0187 e. The van der Waals surface area contributed by atoms with Crippen LogP contribution in [0.25, 0.3) is 0 Å². The van der Waals surface area contributed by atoms with Gasteiger partial charge < -0.3 is 5.32 Å². The molecule has 100 valence electrons. The van der Waals surface area contributed by atoms with Crippen molar-refractivity contribution < 1.29 is 0 Å². The molecule has 1 nitrogen and oxygen atoms in total. The van der Waals surface area contributed by atoms with Crippen LogP contribution in [0.2, 0.25) is 0 Å². The molecule has 18 heavy (non-hydrogen) atoms. The van der Waals surface area contributed by atoms with Gasteiger partial charge in [-0.3, -0.25) is 0 Å². The topological polar surface area (TPSA) is 12.0 Å². The molecule has 0 heterocycles. The Hall–Kier alpha value is -0.730. The van der Waals surface area contributed by atoms with Gasteiger partial charge in [-0.1, -0.05) is 55.3 Å². The molecule has 0 amide bonds. The molecule has 1 N–H and O–H groups in total. The van der Waals surface area contributed by atoms with Crippen LogP contribution in [0.3, 0.4) is 0 Å². The summed E-state index contributed by atoms with van der Waals surface area (Å²) in [4.78, 5) is 0. The summed E-state index contributed by atoms with van der Waals surface area (Å²) in [6.07, 6.45) is 0. The Bertz CT molecular complexity index is 376. The van der Waals surface area contributed by atoms with Crippen LogP contribution in [-0.4, -0.2) is 18.3 Å². The standard InChI is InChI=1S/C16H25NS/c1-12(2)17-9-15(5)10-18-11-16-7-13(3)6-14(4)8-16/h6-8,12,17H,5,9-11H2,1-4H3. The van der Waals surface area contributed by atoms with E-state index in [0.717, 1.165) is 18.1 Å². The Labute approximate surface area is 116 Å². The Morgan fingerprint density at radius 3 is 2.39 bits per heavy atom. The molecule has 0 saturated heterocycles. The largest absolute Gasteiger partial charge is 0.311 e. The van der Waals surface area contributed by atoms with Crippen molar-refractivity contribution in [3.05, 3.63) is 47.0 Å². The summed E-state index contributed by atoms with van der Waals surface area (Å²) >= 11 is 1.94. The molecule has 0 saturated carbocycles. The van der Waals surface area contributed by atoms with Gasteiger partial charge in [-0.2, -0.15) is 11.8 Å². The fourth-order valence-electron chi connectivity index (χ4n) is 1.87. The van der Waals surface area contributed by atoms with Gasteiger partial charge in [0.05, 0.1) is 0 Å². The second-order valence-corrected chi connectivity index (χ2v) is 6.26. The summed E-state index contributed by atoms with van der Waals surface area (Å²) in [5, 5.41) is 3.40. The first kappa shape index (κ1) is 15.3. The third-order valence-electron chi connectivity index (χ3n) is 2.62. The molecular weight excluding hydrogens is 238 g/mol. The highest BCUT2D eigenvalue weighted by Gasteiger charge is 2.00. The molecule has 1 rings (SSSR count). The van der Waals surface area contributed by atoms with E-state index in [0.29, 0.717) is 6.04 Å². The molecule has 0 bridgehead atoms. The van der Waals surface area contributed by atoms with Crippen LogP contribution >= 0.6 is 11.8 Å². The summed E-state index contributed by atoms with van der Waals surface area (Å²) in [6, 6.07) is 7.30. The van der Waals surface area contributed by atoms with Crippen LogP contribution in [0.4, 0.5) is 0 Å². The second kappa shape index (κ2) is 7.65. The van der Waals surface area contributed by atoms with Gasteiger partial charge in [0.15, 0.2) is 0 Å². The predicted molar refractivity (Wildman–Crippen MR) is 84.4 cm³/mol. The number of benzene rings is 1. The number of hydrogen-bond acceptors (Lipinski definition) is 2. The summed E-state index contributed by atoms with van der Waals surface area (Å²) < 4.78 is 0. The van der Waals surface area contributed by atoms with Crippen molar-refractivity contribution in [2.45, 2.75) is 39.5 Å². The lowest BCUT2D eigenvalue weighted by molar-refractivity contribution is 0.623. The Balaban J connectivity index is 2.30. The van der Waals surface area contributed by atoms with Gasteiger partial charge in [-0.25, -0.2) is 0 Å². The number of rotatable bonds is 7. The normalized spacial score (nSPS) is 10.9. The Kier molecular flexibility index (Phi) is 6.51. The van der Waals surface area contributed by atoms with Crippen molar-refractivity contribution in [3.8, 4) is 0 Å². The zero-order valence-corrected chi connectivity index (χ0v) is 12.9. The van der Waals surface area contributed by atoms with Gasteiger partial charge in [-0.05, 0) is 19.4 Å². The SMILES string of the molecule is C=C(CNC(C)C)CSCc1cc(C)cc(C)c1. The fourth-order valence-corrected chi connectivity index (χ4v) is 2.76. The van der Waals surface area contributed by atoms with Gasteiger partial charge in [-0.15, -0.1) is 0 Å². The molecule has 0 radical (unpaired) electrons. The van der Waals surface area contributed by atoms with E-state index in [4.69, 9.17) is 0 Å². The molecule has 0 aliphatic carbocycles. The highest BCUT2D eigenvalue weighted by Crippen LogP contribution is 2.17. The minimum atomic E-state index is 0.533. The van der Waals surface area contributed by atoms with Crippen LogP contribution < -0.4 is 5.32 Å². The van der Waals surface area contributed by atoms with Crippen molar-refractivity contribution in [3.63, 3.8) is 0 Å². The molecule has 0 aliphatic heterocycles. The van der Waals surface area contributed by atoms with Crippen LogP contribution in [0.5, 0.6) is 0 Å². The van der Waals surface area contributed by atoms with E-state index >= 15 is 0 Å². The minimum Gasteiger partial charge on any atom is -0.311 e. The molecule has 1 aromatic rings. The Morgan fingerprint density at radius 1 is 1.22 bits per heavy atom. The summed E-state index contributed by atoms with van der Waals surface area (Å²) in [6.45, 7) is 13.7. The maximum absolute atomic E-state index is 4.11. The number of thioether (sulfide) groups is 1. The Morgan fingerprint density at radius 2 is 1.83 bits per heavy atom. The van der Waals surface area contributed by atoms with Crippen LogP contribution in [0, 0.1) is 13.8 Å². The second-order valence-electron chi connectivity index (χ2n) is 5.27. The van der Waals surface area contributed by atoms with Crippen LogP contribution in [-0.2, 0) is 5.75 Å².